The summed E-state index contributed by atoms with van der Waals surface area (Å²) in [7, 11) is 1.41. The average molecular weight is 236 g/mol. The summed E-state index contributed by atoms with van der Waals surface area (Å²) >= 11 is 0. The molecule has 1 aromatic rings. The summed E-state index contributed by atoms with van der Waals surface area (Å²) in [6.45, 7) is 1.97. The number of hydrogen-bond donors (Lipinski definition) is 0. The summed E-state index contributed by atoms with van der Waals surface area (Å²) in [5, 5.41) is 0. The highest BCUT2D eigenvalue weighted by molar-refractivity contribution is 5.71. The van der Waals surface area contributed by atoms with E-state index in [4.69, 9.17) is 4.74 Å². The third-order valence-corrected chi connectivity index (χ3v) is 2.76. The fourth-order valence-electron chi connectivity index (χ4n) is 1.89. The Morgan fingerprint density at radius 1 is 1.53 bits per heavy atom. The SMILES string of the molecule is COC(=O)CN1CC[C@H](Oc2ccncc2)C1. The van der Waals surface area contributed by atoms with Crippen LogP contribution in [0.15, 0.2) is 24.5 Å². The number of ether oxygens (including phenoxy) is 2. The minimum atomic E-state index is -0.199. The first-order valence-electron chi connectivity index (χ1n) is 5.64. The third-order valence-electron chi connectivity index (χ3n) is 2.76. The number of aromatic nitrogens is 1. The Morgan fingerprint density at radius 3 is 3.00 bits per heavy atom. The van der Waals surface area contributed by atoms with E-state index >= 15 is 0 Å². The maximum Gasteiger partial charge on any atom is 0.319 e. The van der Waals surface area contributed by atoms with E-state index in [9.17, 15) is 4.79 Å². The lowest BCUT2D eigenvalue weighted by atomic mass is 10.3. The largest absolute Gasteiger partial charge is 0.489 e. The summed E-state index contributed by atoms with van der Waals surface area (Å²) in [5.41, 5.74) is 0. The van der Waals surface area contributed by atoms with E-state index in [1.807, 2.05) is 17.0 Å². The van der Waals surface area contributed by atoms with Crippen LogP contribution in [-0.4, -0.2) is 48.7 Å². The van der Waals surface area contributed by atoms with Crippen molar-refractivity contribution in [2.45, 2.75) is 12.5 Å². The van der Waals surface area contributed by atoms with E-state index in [0.717, 1.165) is 25.3 Å². The summed E-state index contributed by atoms with van der Waals surface area (Å²) in [5.74, 6) is 0.625. The van der Waals surface area contributed by atoms with Gasteiger partial charge in [-0.3, -0.25) is 14.7 Å². The van der Waals surface area contributed by atoms with Gasteiger partial charge in [0.2, 0.25) is 0 Å². The zero-order chi connectivity index (χ0) is 12.1. The molecule has 2 rings (SSSR count). The Kier molecular flexibility index (Phi) is 3.93. The maximum absolute atomic E-state index is 11.1. The average Bonchev–Trinajstić information content (AvgIpc) is 2.77. The van der Waals surface area contributed by atoms with Gasteiger partial charge in [0, 0.05) is 25.5 Å². The molecule has 1 aliphatic rings. The van der Waals surface area contributed by atoms with Gasteiger partial charge in [-0.2, -0.15) is 0 Å². The van der Waals surface area contributed by atoms with Gasteiger partial charge in [-0.1, -0.05) is 0 Å². The Bertz CT molecular complexity index is 369. The Labute approximate surface area is 100 Å². The molecule has 17 heavy (non-hydrogen) atoms. The molecule has 0 saturated carbocycles. The van der Waals surface area contributed by atoms with E-state index in [2.05, 4.69) is 9.72 Å². The lowest BCUT2D eigenvalue weighted by Gasteiger charge is -2.15. The second kappa shape index (κ2) is 5.63. The van der Waals surface area contributed by atoms with Crippen molar-refractivity contribution >= 4 is 5.97 Å². The number of esters is 1. The Balaban J connectivity index is 1.80. The molecule has 0 N–H and O–H groups in total. The van der Waals surface area contributed by atoms with Crippen molar-refractivity contribution in [3.05, 3.63) is 24.5 Å². The topological polar surface area (TPSA) is 51.7 Å². The molecule has 1 fully saturated rings. The molecule has 0 bridgehead atoms. The van der Waals surface area contributed by atoms with Crippen LogP contribution >= 0.6 is 0 Å². The fourth-order valence-corrected chi connectivity index (χ4v) is 1.89. The van der Waals surface area contributed by atoms with Crippen molar-refractivity contribution in [1.29, 1.82) is 0 Å². The second-order valence-corrected chi connectivity index (χ2v) is 4.02. The molecule has 0 aromatic carbocycles. The molecule has 5 nitrogen and oxygen atoms in total. The van der Waals surface area contributed by atoms with Crippen LogP contribution in [0.5, 0.6) is 5.75 Å². The Morgan fingerprint density at radius 2 is 2.29 bits per heavy atom. The van der Waals surface area contributed by atoms with Crippen LogP contribution in [0, 0.1) is 0 Å². The summed E-state index contributed by atoms with van der Waals surface area (Å²) in [4.78, 5) is 17.1. The number of rotatable bonds is 4. The number of pyridine rings is 1. The highest BCUT2D eigenvalue weighted by Gasteiger charge is 2.25. The van der Waals surface area contributed by atoms with Gasteiger partial charge in [0.25, 0.3) is 0 Å². The summed E-state index contributed by atoms with van der Waals surface area (Å²) in [6.07, 6.45) is 4.48. The molecule has 5 heteroatoms. The molecule has 1 aliphatic heterocycles. The van der Waals surface area contributed by atoms with Crippen molar-refractivity contribution in [2.75, 3.05) is 26.7 Å². The molecule has 2 heterocycles. The summed E-state index contributed by atoms with van der Waals surface area (Å²) in [6, 6.07) is 3.67. The normalized spacial score (nSPS) is 20.2. The van der Waals surface area contributed by atoms with Crippen LogP contribution in [0.3, 0.4) is 0 Å². The number of nitrogens with zero attached hydrogens (tertiary/aromatic N) is 2. The fraction of sp³-hybridized carbons (Fsp3) is 0.500. The number of carbonyl (C=O) groups is 1. The van der Waals surface area contributed by atoms with Gasteiger partial charge in [-0.25, -0.2) is 0 Å². The standard InChI is InChI=1S/C12H16N2O3/c1-16-12(15)9-14-7-4-11(8-14)17-10-2-5-13-6-3-10/h2-3,5-6,11H,4,7-9H2,1H3/t11-/m0/s1. The lowest BCUT2D eigenvalue weighted by molar-refractivity contribution is -0.141. The molecule has 1 saturated heterocycles. The highest BCUT2D eigenvalue weighted by Crippen LogP contribution is 2.17. The Hall–Kier alpha value is -1.62. The molecule has 0 amide bonds. The number of hydrogen-bond acceptors (Lipinski definition) is 5. The first kappa shape index (κ1) is 11.9. The van der Waals surface area contributed by atoms with E-state index in [1.54, 1.807) is 12.4 Å². The predicted octanol–water partition coefficient (Wildman–Crippen LogP) is 0.708. The van der Waals surface area contributed by atoms with Crippen molar-refractivity contribution in [3.63, 3.8) is 0 Å². The van der Waals surface area contributed by atoms with Crippen molar-refractivity contribution < 1.29 is 14.3 Å². The van der Waals surface area contributed by atoms with Crippen molar-refractivity contribution in [2.24, 2.45) is 0 Å². The zero-order valence-electron chi connectivity index (χ0n) is 9.83. The molecular formula is C12H16N2O3. The minimum Gasteiger partial charge on any atom is -0.489 e. The molecular weight excluding hydrogens is 220 g/mol. The van der Waals surface area contributed by atoms with E-state index in [1.165, 1.54) is 7.11 Å². The van der Waals surface area contributed by atoms with E-state index in [0.29, 0.717) is 6.54 Å². The molecule has 1 atom stereocenters. The van der Waals surface area contributed by atoms with Crippen LogP contribution in [0.4, 0.5) is 0 Å². The highest BCUT2D eigenvalue weighted by atomic mass is 16.5. The van der Waals surface area contributed by atoms with Crippen LogP contribution in [-0.2, 0) is 9.53 Å². The van der Waals surface area contributed by atoms with Gasteiger partial charge in [-0.15, -0.1) is 0 Å². The second-order valence-electron chi connectivity index (χ2n) is 4.02. The van der Waals surface area contributed by atoms with Gasteiger partial charge in [0.05, 0.1) is 13.7 Å². The van der Waals surface area contributed by atoms with Crippen LogP contribution in [0.2, 0.25) is 0 Å². The van der Waals surface area contributed by atoms with E-state index in [-0.39, 0.29) is 12.1 Å². The van der Waals surface area contributed by atoms with Gasteiger partial charge in [0.15, 0.2) is 0 Å². The quantitative estimate of drug-likeness (QED) is 0.721. The minimum absolute atomic E-state index is 0.141. The number of methoxy groups -OCH3 is 1. The molecule has 1 aromatic heterocycles. The molecule has 92 valence electrons. The maximum atomic E-state index is 11.1. The van der Waals surface area contributed by atoms with Gasteiger partial charge in [-0.05, 0) is 18.6 Å². The molecule has 0 unspecified atom stereocenters. The van der Waals surface area contributed by atoms with Gasteiger partial charge >= 0.3 is 5.97 Å². The lowest BCUT2D eigenvalue weighted by Crippen LogP contribution is -2.30. The molecule has 0 spiro atoms. The van der Waals surface area contributed by atoms with Crippen LogP contribution in [0.25, 0.3) is 0 Å². The number of carbonyl (C=O) groups excluding carboxylic acids is 1. The molecule has 0 aliphatic carbocycles. The first-order valence-corrected chi connectivity index (χ1v) is 5.64. The third kappa shape index (κ3) is 3.42. The van der Waals surface area contributed by atoms with Crippen molar-refractivity contribution in [3.8, 4) is 5.75 Å². The van der Waals surface area contributed by atoms with Gasteiger partial charge < -0.3 is 9.47 Å². The number of likely N-dealkylation sites (tertiary alicyclic amines) is 1. The predicted molar refractivity (Wildman–Crippen MR) is 61.7 cm³/mol. The summed E-state index contributed by atoms with van der Waals surface area (Å²) < 4.78 is 10.4. The van der Waals surface area contributed by atoms with Crippen molar-refractivity contribution in [1.82, 2.24) is 9.88 Å². The molecule has 0 radical (unpaired) electrons. The van der Waals surface area contributed by atoms with Crippen LogP contribution < -0.4 is 4.74 Å². The van der Waals surface area contributed by atoms with Gasteiger partial charge in [0.1, 0.15) is 11.9 Å². The first-order chi connectivity index (χ1) is 8.28. The van der Waals surface area contributed by atoms with E-state index < -0.39 is 0 Å². The van der Waals surface area contributed by atoms with Crippen LogP contribution in [0.1, 0.15) is 6.42 Å². The zero-order valence-corrected chi connectivity index (χ0v) is 9.83. The smallest absolute Gasteiger partial charge is 0.319 e. The monoisotopic (exact) mass is 236 g/mol.